The van der Waals surface area contributed by atoms with Gasteiger partial charge >= 0.3 is 0 Å². The van der Waals surface area contributed by atoms with Crippen molar-refractivity contribution in [2.75, 3.05) is 33.9 Å². The third kappa shape index (κ3) is 8.26. The first kappa shape index (κ1) is 21.8. The molecule has 0 spiro atoms. The average molecular weight is 437 g/mol. The Balaban J connectivity index is 0.00000484. The van der Waals surface area contributed by atoms with Crippen molar-refractivity contribution in [1.82, 2.24) is 10.6 Å². The van der Waals surface area contributed by atoms with Gasteiger partial charge in [0.25, 0.3) is 0 Å². The van der Waals surface area contributed by atoms with Crippen molar-refractivity contribution >= 4 is 29.9 Å². The Morgan fingerprint density at radius 3 is 2.70 bits per heavy atom. The van der Waals surface area contributed by atoms with Crippen molar-refractivity contribution in [3.8, 4) is 11.5 Å². The van der Waals surface area contributed by atoms with Crippen LogP contribution in [0.3, 0.4) is 0 Å². The lowest BCUT2D eigenvalue weighted by Crippen LogP contribution is -2.44. The third-order valence-electron chi connectivity index (χ3n) is 3.06. The number of hydrogen-bond donors (Lipinski definition) is 3. The molecule has 0 heterocycles. The Morgan fingerprint density at radius 2 is 2.09 bits per heavy atom. The number of phenolic OH excluding ortho intramolecular Hbond substituents is 1. The standard InChI is InChI=1S/C16H27N3O3.HI/c1-5-17-16(19-12(2)11-21-3)18-9-8-13-6-7-14(20)15(10-13)22-4;/h6-7,10,12,20H,5,8-9,11H2,1-4H3,(H2,17,18,19);1H. The third-order valence-corrected chi connectivity index (χ3v) is 3.06. The molecule has 0 aliphatic rings. The molecule has 1 unspecified atom stereocenters. The minimum absolute atomic E-state index is 0. The highest BCUT2D eigenvalue weighted by molar-refractivity contribution is 14.0. The summed E-state index contributed by atoms with van der Waals surface area (Å²) in [4.78, 5) is 4.54. The van der Waals surface area contributed by atoms with E-state index >= 15 is 0 Å². The molecule has 1 rings (SSSR count). The molecule has 132 valence electrons. The van der Waals surface area contributed by atoms with Gasteiger partial charge in [-0.25, -0.2) is 0 Å². The number of aliphatic imine (C=N–C) groups is 1. The highest BCUT2D eigenvalue weighted by Gasteiger charge is 2.05. The van der Waals surface area contributed by atoms with Gasteiger partial charge in [0, 0.05) is 26.2 Å². The molecule has 0 aliphatic carbocycles. The Hall–Kier alpha value is -1.22. The van der Waals surface area contributed by atoms with E-state index in [2.05, 4.69) is 15.6 Å². The maximum absolute atomic E-state index is 9.58. The highest BCUT2D eigenvalue weighted by atomic mass is 127. The summed E-state index contributed by atoms with van der Waals surface area (Å²) < 4.78 is 10.2. The number of phenols is 1. The van der Waals surface area contributed by atoms with Crippen molar-refractivity contribution < 1.29 is 14.6 Å². The van der Waals surface area contributed by atoms with E-state index < -0.39 is 0 Å². The Labute approximate surface area is 155 Å². The zero-order valence-electron chi connectivity index (χ0n) is 14.3. The summed E-state index contributed by atoms with van der Waals surface area (Å²) in [5, 5.41) is 16.1. The quantitative estimate of drug-likeness (QED) is 0.330. The molecule has 0 fully saturated rings. The molecule has 6 nitrogen and oxygen atoms in total. The second-order valence-corrected chi connectivity index (χ2v) is 5.02. The largest absolute Gasteiger partial charge is 0.504 e. The lowest BCUT2D eigenvalue weighted by Gasteiger charge is -2.17. The van der Waals surface area contributed by atoms with Crippen LogP contribution in [0.1, 0.15) is 19.4 Å². The summed E-state index contributed by atoms with van der Waals surface area (Å²) in [5.41, 5.74) is 1.07. The molecule has 0 aliphatic heterocycles. The van der Waals surface area contributed by atoms with Gasteiger partial charge in [0.2, 0.25) is 0 Å². The number of methoxy groups -OCH3 is 2. The molecule has 7 heteroatoms. The van der Waals surface area contributed by atoms with Crippen LogP contribution < -0.4 is 15.4 Å². The van der Waals surface area contributed by atoms with Crippen LogP contribution >= 0.6 is 24.0 Å². The molecule has 3 N–H and O–H groups in total. The molecule has 0 amide bonds. The Kier molecular flexibility index (Phi) is 11.6. The first-order valence-electron chi connectivity index (χ1n) is 7.50. The summed E-state index contributed by atoms with van der Waals surface area (Å²) in [6.45, 7) is 6.14. The second-order valence-electron chi connectivity index (χ2n) is 5.02. The maximum Gasteiger partial charge on any atom is 0.191 e. The van der Waals surface area contributed by atoms with Gasteiger partial charge in [-0.2, -0.15) is 0 Å². The predicted octanol–water partition coefficient (Wildman–Crippen LogP) is 2.15. The van der Waals surface area contributed by atoms with E-state index in [9.17, 15) is 5.11 Å². The second kappa shape index (κ2) is 12.2. The van der Waals surface area contributed by atoms with Gasteiger partial charge in [0.1, 0.15) is 0 Å². The van der Waals surface area contributed by atoms with E-state index in [0.717, 1.165) is 24.5 Å². The molecule has 23 heavy (non-hydrogen) atoms. The number of halogens is 1. The lowest BCUT2D eigenvalue weighted by atomic mass is 10.1. The molecular weight excluding hydrogens is 409 g/mol. The molecule has 0 aromatic heterocycles. The summed E-state index contributed by atoms with van der Waals surface area (Å²) in [5.74, 6) is 1.41. The van der Waals surface area contributed by atoms with E-state index in [4.69, 9.17) is 9.47 Å². The zero-order valence-corrected chi connectivity index (χ0v) is 16.6. The van der Waals surface area contributed by atoms with Crippen LogP contribution in [0.15, 0.2) is 23.2 Å². The molecule has 0 saturated heterocycles. The molecule has 0 bridgehead atoms. The zero-order chi connectivity index (χ0) is 16.4. The van der Waals surface area contributed by atoms with Crippen molar-refractivity contribution in [3.05, 3.63) is 23.8 Å². The van der Waals surface area contributed by atoms with Gasteiger partial charge in [-0.15, -0.1) is 24.0 Å². The monoisotopic (exact) mass is 437 g/mol. The number of nitrogens with zero attached hydrogens (tertiary/aromatic N) is 1. The van der Waals surface area contributed by atoms with Crippen LogP contribution in [-0.2, 0) is 11.2 Å². The SMILES string of the molecule is CCNC(=NCCc1ccc(O)c(OC)c1)NC(C)COC.I. The fourth-order valence-corrected chi connectivity index (χ4v) is 2.02. The van der Waals surface area contributed by atoms with Gasteiger partial charge in [-0.3, -0.25) is 4.99 Å². The van der Waals surface area contributed by atoms with E-state index in [1.165, 1.54) is 0 Å². The topological polar surface area (TPSA) is 75.1 Å². The number of guanidine groups is 1. The van der Waals surface area contributed by atoms with Gasteiger partial charge < -0.3 is 25.2 Å². The smallest absolute Gasteiger partial charge is 0.191 e. The van der Waals surface area contributed by atoms with E-state index in [-0.39, 0.29) is 35.8 Å². The van der Waals surface area contributed by atoms with Crippen LogP contribution in [0.25, 0.3) is 0 Å². The van der Waals surface area contributed by atoms with E-state index in [1.807, 2.05) is 26.0 Å². The van der Waals surface area contributed by atoms with Crippen molar-refractivity contribution in [1.29, 1.82) is 0 Å². The lowest BCUT2D eigenvalue weighted by molar-refractivity contribution is 0.179. The number of aromatic hydroxyl groups is 1. The van der Waals surface area contributed by atoms with E-state index in [0.29, 0.717) is 18.9 Å². The summed E-state index contributed by atoms with van der Waals surface area (Å²) in [6, 6.07) is 5.54. The number of hydrogen-bond acceptors (Lipinski definition) is 4. The molecule has 0 radical (unpaired) electrons. The van der Waals surface area contributed by atoms with Crippen molar-refractivity contribution in [2.45, 2.75) is 26.3 Å². The predicted molar refractivity (Wildman–Crippen MR) is 104 cm³/mol. The minimum atomic E-state index is 0. The Morgan fingerprint density at radius 1 is 1.35 bits per heavy atom. The maximum atomic E-state index is 9.58. The fourth-order valence-electron chi connectivity index (χ4n) is 2.02. The van der Waals surface area contributed by atoms with Gasteiger partial charge in [-0.05, 0) is 38.0 Å². The van der Waals surface area contributed by atoms with Crippen molar-refractivity contribution in [2.24, 2.45) is 4.99 Å². The van der Waals surface area contributed by atoms with Gasteiger partial charge in [0.15, 0.2) is 17.5 Å². The normalized spacial score (nSPS) is 12.3. The molecule has 0 saturated carbocycles. The minimum Gasteiger partial charge on any atom is -0.504 e. The van der Waals surface area contributed by atoms with E-state index in [1.54, 1.807) is 20.3 Å². The summed E-state index contributed by atoms with van der Waals surface area (Å²) in [7, 11) is 3.22. The van der Waals surface area contributed by atoms with Crippen LogP contribution in [0.5, 0.6) is 11.5 Å². The first-order valence-corrected chi connectivity index (χ1v) is 7.50. The Bertz CT molecular complexity index is 484. The van der Waals surface area contributed by atoms with Gasteiger partial charge in [0.05, 0.1) is 13.7 Å². The number of rotatable bonds is 8. The molecule has 1 aromatic rings. The first-order chi connectivity index (χ1) is 10.6. The van der Waals surface area contributed by atoms with Gasteiger partial charge in [-0.1, -0.05) is 6.07 Å². The van der Waals surface area contributed by atoms with Crippen LogP contribution in [0.4, 0.5) is 0 Å². The summed E-state index contributed by atoms with van der Waals surface area (Å²) in [6.07, 6.45) is 0.770. The summed E-state index contributed by atoms with van der Waals surface area (Å²) >= 11 is 0. The highest BCUT2D eigenvalue weighted by Crippen LogP contribution is 2.26. The average Bonchev–Trinajstić information content (AvgIpc) is 2.49. The molecular formula is C16H28IN3O3. The van der Waals surface area contributed by atoms with Crippen LogP contribution in [-0.4, -0.2) is 51.0 Å². The van der Waals surface area contributed by atoms with Crippen LogP contribution in [0, 0.1) is 0 Å². The fraction of sp³-hybridized carbons (Fsp3) is 0.562. The van der Waals surface area contributed by atoms with Crippen LogP contribution in [0.2, 0.25) is 0 Å². The molecule has 1 aromatic carbocycles. The molecule has 1 atom stereocenters. The number of nitrogens with one attached hydrogen (secondary N) is 2. The van der Waals surface area contributed by atoms with Crippen molar-refractivity contribution in [3.63, 3.8) is 0 Å². The number of ether oxygens (including phenoxy) is 2. The number of benzene rings is 1.